The Hall–Kier alpha value is -0.550. The Bertz CT molecular complexity index is 395. The lowest BCUT2D eigenvalue weighted by molar-refractivity contribution is 0.530. The van der Waals surface area contributed by atoms with E-state index in [4.69, 9.17) is 5.73 Å². The molecule has 3 nitrogen and oxygen atoms in total. The summed E-state index contributed by atoms with van der Waals surface area (Å²) in [5, 5.41) is 5.43. The van der Waals surface area contributed by atoms with Crippen molar-refractivity contribution >= 4 is 33.2 Å². The maximum absolute atomic E-state index is 5.94. The van der Waals surface area contributed by atoms with Crippen molar-refractivity contribution < 1.29 is 0 Å². The quantitative estimate of drug-likeness (QED) is 0.505. The zero-order valence-corrected chi connectivity index (χ0v) is 12.9. The van der Waals surface area contributed by atoms with Crippen LogP contribution in [0.15, 0.2) is 20.9 Å². The standard InChI is InChI=1S/C13H20BrN3S/c14-10-7-12(18-9-10)8-16-13(15)17-11-5-3-1-2-4-6-11/h7,9,11H,1-6,8H2,(H3,15,16,17). The molecule has 1 saturated carbocycles. The number of nitrogens with one attached hydrogen (secondary N) is 1. The summed E-state index contributed by atoms with van der Waals surface area (Å²) in [7, 11) is 0. The summed E-state index contributed by atoms with van der Waals surface area (Å²) in [5.41, 5.74) is 5.94. The molecule has 100 valence electrons. The summed E-state index contributed by atoms with van der Waals surface area (Å²) in [6.45, 7) is 0.668. The fourth-order valence-corrected chi connectivity index (χ4v) is 3.65. The molecule has 3 N–H and O–H groups in total. The van der Waals surface area contributed by atoms with Gasteiger partial charge in [0.25, 0.3) is 0 Å². The molecule has 0 spiro atoms. The first kappa shape index (κ1) is 13.9. The Morgan fingerprint density at radius 1 is 1.39 bits per heavy atom. The second-order valence-electron chi connectivity index (χ2n) is 4.77. The smallest absolute Gasteiger partial charge is 0.189 e. The average molecular weight is 330 g/mol. The highest BCUT2D eigenvalue weighted by atomic mass is 79.9. The lowest BCUT2D eigenvalue weighted by Gasteiger charge is -2.16. The second-order valence-corrected chi connectivity index (χ2v) is 6.68. The monoisotopic (exact) mass is 329 g/mol. The number of guanidine groups is 1. The molecule has 2 rings (SSSR count). The van der Waals surface area contributed by atoms with E-state index in [1.165, 1.54) is 43.4 Å². The van der Waals surface area contributed by atoms with Gasteiger partial charge in [-0.1, -0.05) is 25.7 Å². The highest BCUT2D eigenvalue weighted by Crippen LogP contribution is 2.20. The Balaban J connectivity index is 1.80. The van der Waals surface area contributed by atoms with Crippen LogP contribution in [-0.4, -0.2) is 12.0 Å². The third-order valence-electron chi connectivity index (χ3n) is 3.23. The van der Waals surface area contributed by atoms with Crippen LogP contribution in [0.1, 0.15) is 43.4 Å². The highest BCUT2D eigenvalue weighted by molar-refractivity contribution is 9.10. The molecule has 0 bridgehead atoms. The van der Waals surface area contributed by atoms with Crippen molar-refractivity contribution in [3.63, 3.8) is 0 Å². The lowest BCUT2D eigenvalue weighted by atomic mass is 10.1. The minimum Gasteiger partial charge on any atom is -0.370 e. The summed E-state index contributed by atoms with van der Waals surface area (Å²) < 4.78 is 1.12. The molecule has 1 aromatic heterocycles. The van der Waals surface area contributed by atoms with Crippen LogP contribution in [0.5, 0.6) is 0 Å². The van der Waals surface area contributed by atoms with Crippen molar-refractivity contribution in [1.29, 1.82) is 0 Å². The highest BCUT2D eigenvalue weighted by Gasteiger charge is 2.12. The van der Waals surface area contributed by atoms with Gasteiger partial charge in [-0.25, -0.2) is 4.99 Å². The summed E-state index contributed by atoms with van der Waals surface area (Å²) >= 11 is 5.15. The Labute approximate surface area is 121 Å². The number of nitrogens with zero attached hydrogens (tertiary/aromatic N) is 1. The Morgan fingerprint density at radius 2 is 2.11 bits per heavy atom. The van der Waals surface area contributed by atoms with E-state index >= 15 is 0 Å². The zero-order chi connectivity index (χ0) is 12.8. The zero-order valence-electron chi connectivity index (χ0n) is 10.5. The maximum Gasteiger partial charge on any atom is 0.189 e. The van der Waals surface area contributed by atoms with E-state index in [2.05, 4.69) is 37.7 Å². The van der Waals surface area contributed by atoms with Crippen LogP contribution in [-0.2, 0) is 6.54 Å². The summed E-state index contributed by atoms with van der Waals surface area (Å²) in [5.74, 6) is 0.589. The second kappa shape index (κ2) is 7.14. The van der Waals surface area contributed by atoms with Crippen molar-refractivity contribution in [2.24, 2.45) is 10.7 Å². The fraction of sp³-hybridized carbons (Fsp3) is 0.615. The molecule has 0 radical (unpaired) electrons. The molecule has 1 fully saturated rings. The van der Waals surface area contributed by atoms with Gasteiger partial charge in [0.2, 0.25) is 0 Å². The minimum absolute atomic E-state index is 0.520. The van der Waals surface area contributed by atoms with Crippen LogP contribution < -0.4 is 11.1 Å². The molecule has 0 saturated heterocycles. The van der Waals surface area contributed by atoms with Crippen molar-refractivity contribution in [2.75, 3.05) is 0 Å². The molecule has 1 heterocycles. The van der Waals surface area contributed by atoms with E-state index in [1.54, 1.807) is 11.3 Å². The van der Waals surface area contributed by atoms with Gasteiger partial charge in [-0.05, 0) is 34.8 Å². The van der Waals surface area contributed by atoms with Crippen LogP contribution in [0, 0.1) is 0 Å². The number of hydrogen-bond acceptors (Lipinski definition) is 2. The van der Waals surface area contributed by atoms with E-state index in [9.17, 15) is 0 Å². The number of thiophene rings is 1. The van der Waals surface area contributed by atoms with Gasteiger partial charge < -0.3 is 11.1 Å². The van der Waals surface area contributed by atoms with E-state index in [-0.39, 0.29) is 0 Å². The van der Waals surface area contributed by atoms with Gasteiger partial charge in [0.1, 0.15) is 0 Å². The first-order valence-corrected chi connectivity index (χ1v) is 8.20. The van der Waals surface area contributed by atoms with Crippen molar-refractivity contribution in [1.82, 2.24) is 5.32 Å². The molecule has 0 amide bonds. The predicted molar refractivity (Wildman–Crippen MR) is 82.0 cm³/mol. The van der Waals surface area contributed by atoms with Gasteiger partial charge >= 0.3 is 0 Å². The van der Waals surface area contributed by atoms with Crippen LogP contribution in [0.2, 0.25) is 0 Å². The molecule has 0 aromatic carbocycles. The van der Waals surface area contributed by atoms with Crippen LogP contribution in [0.4, 0.5) is 0 Å². The largest absolute Gasteiger partial charge is 0.370 e. The molecule has 5 heteroatoms. The summed E-state index contributed by atoms with van der Waals surface area (Å²) in [4.78, 5) is 5.63. The molecule has 18 heavy (non-hydrogen) atoms. The van der Waals surface area contributed by atoms with E-state index in [0.29, 0.717) is 18.5 Å². The summed E-state index contributed by atoms with van der Waals surface area (Å²) in [6.07, 6.45) is 7.78. The normalized spacial score (nSPS) is 18.6. The Kier molecular flexibility index (Phi) is 5.50. The molecule has 0 unspecified atom stereocenters. The molecule has 0 atom stereocenters. The minimum atomic E-state index is 0.520. The molecular weight excluding hydrogens is 310 g/mol. The average Bonchev–Trinajstić information content (AvgIpc) is 2.60. The van der Waals surface area contributed by atoms with Gasteiger partial charge in [0.05, 0.1) is 6.54 Å². The molecule has 0 aliphatic heterocycles. The van der Waals surface area contributed by atoms with Crippen LogP contribution in [0.3, 0.4) is 0 Å². The lowest BCUT2D eigenvalue weighted by Crippen LogP contribution is -2.39. The topological polar surface area (TPSA) is 50.4 Å². The number of hydrogen-bond donors (Lipinski definition) is 2. The van der Waals surface area contributed by atoms with Crippen LogP contribution >= 0.6 is 27.3 Å². The van der Waals surface area contributed by atoms with Gasteiger partial charge in [-0.2, -0.15) is 0 Å². The third kappa shape index (κ3) is 4.61. The third-order valence-corrected chi connectivity index (χ3v) is 4.92. The van der Waals surface area contributed by atoms with Crippen LogP contribution in [0.25, 0.3) is 0 Å². The number of halogens is 1. The van der Waals surface area contributed by atoms with Gasteiger partial charge in [0, 0.05) is 20.8 Å². The van der Waals surface area contributed by atoms with Gasteiger partial charge in [0.15, 0.2) is 5.96 Å². The van der Waals surface area contributed by atoms with Crippen molar-refractivity contribution in [3.8, 4) is 0 Å². The fourth-order valence-electron chi connectivity index (χ4n) is 2.28. The van der Waals surface area contributed by atoms with Crippen molar-refractivity contribution in [3.05, 3.63) is 20.8 Å². The predicted octanol–water partition coefficient (Wildman–Crippen LogP) is 3.64. The maximum atomic E-state index is 5.94. The van der Waals surface area contributed by atoms with E-state index in [1.807, 2.05) is 0 Å². The Morgan fingerprint density at radius 3 is 2.72 bits per heavy atom. The number of nitrogens with two attached hydrogens (primary N) is 1. The van der Waals surface area contributed by atoms with Gasteiger partial charge in [-0.15, -0.1) is 11.3 Å². The molecule has 1 aromatic rings. The number of rotatable bonds is 3. The first-order valence-electron chi connectivity index (χ1n) is 6.53. The number of aliphatic imine (C=N–C) groups is 1. The molecule has 1 aliphatic rings. The van der Waals surface area contributed by atoms with E-state index in [0.717, 1.165) is 4.47 Å². The SMILES string of the molecule is NC(=NCc1cc(Br)cs1)NC1CCCCCC1. The molecular formula is C13H20BrN3S. The molecule has 1 aliphatic carbocycles. The van der Waals surface area contributed by atoms with Crippen molar-refractivity contribution in [2.45, 2.75) is 51.1 Å². The van der Waals surface area contributed by atoms with Gasteiger partial charge in [-0.3, -0.25) is 0 Å². The first-order chi connectivity index (χ1) is 8.74. The van der Waals surface area contributed by atoms with E-state index < -0.39 is 0 Å². The summed E-state index contributed by atoms with van der Waals surface area (Å²) in [6, 6.07) is 2.61.